The largest absolute Gasteiger partial charge is 0.380 e. The highest BCUT2D eigenvalue weighted by molar-refractivity contribution is 4.87. The summed E-state index contributed by atoms with van der Waals surface area (Å²) in [7, 11) is 0. The summed E-state index contributed by atoms with van der Waals surface area (Å²) in [5.41, 5.74) is 0. The molecule has 0 aliphatic carbocycles. The fourth-order valence-electron chi connectivity index (χ4n) is 2.55. The van der Waals surface area contributed by atoms with Crippen molar-refractivity contribution in [2.24, 2.45) is 5.92 Å². The van der Waals surface area contributed by atoms with Crippen molar-refractivity contribution in [2.75, 3.05) is 32.8 Å². The second-order valence-corrected chi connectivity index (χ2v) is 5.39. The first kappa shape index (κ1) is 14.9. The summed E-state index contributed by atoms with van der Waals surface area (Å²) in [6.45, 7) is 14.1. The Morgan fingerprint density at radius 1 is 1.35 bits per heavy atom. The highest BCUT2D eigenvalue weighted by Gasteiger charge is 2.28. The maximum Gasteiger partial charge on any atom is 0.0593 e. The van der Waals surface area contributed by atoms with E-state index >= 15 is 0 Å². The predicted octanol–water partition coefficient (Wildman–Crippen LogP) is 2.12. The van der Waals surface area contributed by atoms with Crippen molar-refractivity contribution in [3.05, 3.63) is 0 Å². The summed E-state index contributed by atoms with van der Waals surface area (Å²) < 4.78 is 5.50. The Morgan fingerprint density at radius 3 is 2.71 bits per heavy atom. The van der Waals surface area contributed by atoms with E-state index in [2.05, 4.69) is 37.9 Å². The molecule has 0 saturated carbocycles. The molecule has 3 heteroatoms. The van der Waals surface area contributed by atoms with E-state index < -0.39 is 0 Å². The lowest BCUT2D eigenvalue weighted by Crippen LogP contribution is -2.58. The molecule has 1 saturated heterocycles. The van der Waals surface area contributed by atoms with Crippen molar-refractivity contribution in [1.29, 1.82) is 0 Å². The van der Waals surface area contributed by atoms with E-state index in [-0.39, 0.29) is 0 Å². The topological polar surface area (TPSA) is 24.5 Å². The van der Waals surface area contributed by atoms with Crippen molar-refractivity contribution < 1.29 is 4.74 Å². The van der Waals surface area contributed by atoms with E-state index in [1.807, 2.05) is 0 Å². The van der Waals surface area contributed by atoms with E-state index in [0.717, 1.165) is 26.3 Å². The molecule has 3 nitrogen and oxygen atoms in total. The van der Waals surface area contributed by atoms with Crippen LogP contribution in [-0.4, -0.2) is 49.8 Å². The molecule has 0 aromatic heterocycles. The van der Waals surface area contributed by atoms with Crippen molar-refractivity contribution >= 4 is 0 Å². The zero-order chi connectivity index (χ0) is 12.7. The van der Waals surface area contributed by atoms with E-state index in [4.69, 9.17) is 4.74 Å². The molecule has 2 atom stereocenters. The average molecular weight is 242 g/mol. The van der Waals surface area contributed by atoms with Gasteiger partial charge in [-0.3, -0.25) is 4.90 Å². The SMILES string of the molecule is CCCC1CNC(C(C)C)CN1CCOCC. The highest BCUT2D eigenvalue weighted by atomic mass is 16.5. The minimum Gasteiger partial charge on any atom is -0.380 e. The summed E-state index contributed by atoms with van der Waals surface area (Å²) in [6.07, 6.45) is 2.56. The second kappa shape index (κ2) is 8.06. The molecule has 1 N–H and O–H groups in total. The number of hydrogen-bond acceptors (Lipinski definition) is 3. The summed E-state index contributed by atoms with van der Waals surface area (Å²) in [4.78, 5) is 2.63. The predicted molar refractivity (Wildman–Crippen MR) is 73.4 cm³/mol. The van der Waals surface area contributed by atoms with Crippen molar-refractivity contribution in [1.82, 2.24) is 10.2 Å². The first-order chi connectivity index (χ1) is 8.19. The van der Waals surface area contributed by atoms with Gasteiger partial charge in [0.05, 0.1) is 6.61 Å². The van der Waals surface area contributed by atoms with Gasteiger partial charge in [-0.1, -0.05) is 27.2 Å². The Bertz CT molecular complexity index is 197. The van der Waals surface area contributed by atoms with Gasteiger partial charge >= 0.3 is 0 Å². The number of hydrogen-bond donors (Lipinski definition) is 1. The number of ether oxygens (including phenoxy) is 1. The van der Waals surface area contributed by atoms with Gasteiger partial charge in [-0.05, 0) is 19.3 Å². The highest BCUT2D eigenvalue weighted by Crippen LogP contribution is 2.15. The zero-order valence-corrected chi connectivity index (χ0v) is 12.0. The molecule has 17 heavy (non-hydrogen) atoms. The molecule has 1 rings (SSSR count). The fraction of sp³-hybridized carbons (Fsp3) is 1.00. The van der Waals surface area contributed by atoms with E-state index in [9.17, 15) is 0 Å². The molecule has 2 unspecified atom stereocenters. The molecule has 1 aliphatic rings. The first-order valence-electron chi connectivity index (χ1n) is 7.24. The van der Waals surface area contributed by atoms with Crippen LogP contribution < -0.4 is 5.32 Å². The van der Waals surface area contributed by atoms with Crippen LogP contribution in [0.1, 0.15) is 40.5 Å². The third-order valence-electron chi connectivity index (χ3n) is 3.72. The summed E-state index contributed by atoms with van der Waals surface area (Å²) in [5.74, 6) is 0.715. The maximum atomic E-state index is 5.50. The summed E-state index contributed by atoms with van der Waals surface area (Å²) >= 11 is 0. The molecule has 0 spiro atoms. The van der Waals surface area contributed by atoms with Gasteiger partial charge < -0.3 is 10.1 Å². The van der Waals surface area contributed by atoms with Crippen molar-refractivity contribution in [3.63, 3.8) is 0 Å². The van der Waals surface area contributed by atoms with Crippen molar-refractivity contribution in [3.8, 4) is 0 Å². The van der Waals surface area contributed by atoms with Crippen LogP contribution in [-0.2, 0) is 4.74 Å². The third kappa shape index (κ3) is 4.94. The third-order valence-corrected chi connectivity index (χ3v) is 3.72. The van der Waals surface area contributed by atoms with Gasteiger partial charge in [0, 0.05) is 38.3 Å². The maximum absolute atomic E-state index is 5.50. The molecule has 0 bridgehead atoms. The number of nitrogens with zero attached hydrogens (tertiary/aromatic N) is 1. The van der Waals surface area contributed by atoms with Gasteiger partial charge in [-0.15, -0.1) is 0 Å². The zero-order valence-electron chi connectivity index (χ0n) is 12.0. The molecule has 0 radical (unpaired) electrons. The van der Waals surface area contributed by atoms with Crippen LogP contribution in [0.3, 0.4) is 0 Å². The molecular weight excluding hydrogens is 212 g/mol. The normalized spacial score (nSPS) is 26.6. The van der Waals surface area contributed by atoms with Crippen LogP contribution in [0.2, 0.25) is 0 Å². The number of rotatable bonds is 7. The fourth-order valence-corrected chi connectivity index (χ4v) is 2.55. The number of piperazine rings is 1. The van der Waals surface area contributed by atoms with Crippen LogP contribution in [0.25, 0.3) is 0 Å². The lowest BCUT2D eigenvalue weighted by molar-refractivity contribution is 0.0599. The summed E-state index contributed by atoms with van der Waals surface area (Å²) in [6, 6.07) is 1.35. The monoisotopic (exact) mass is 242 g/mol. The Hall–Kier alpha value is -0.120. The van der Waals surface area contributed by atoms with Crippen LogP contribution in [0.15, 0.2) is 0 Å². The van der Waals surface area contributed by atoms with Crippen LogP contribution >= 0.6 is 0 Å². The summed E-state index contributed by atoms with van der Waals surface area (Å²) in [5, 5.41) is 3.69. The van der Waals surface area contributed by atoms with Gasteiger partial charge in [0.25, 0.3) is 0 Å². The minimum atomic E-state index is 0.643. The molecular formula is C14H30N2O. The Balaban J connectivity index is 2.43. The minimum absolute atomic E-state index is 0.643. The molecule has 1 heterocycles. The van der Waals surface area contributed by atoms with Gasteiger partial charge in [0.15, 0.2) is 0 Å². The van der Waals surface area contributed by atoms with Crippen LogP contribution in [0, 0.1) is 5.92 Å². The lowest BCUT2D eigenvalue weighted by Gasteiger charge is -2.42. The first-order valence-corrected chi connectivity index (χ1v) is 7.24. The van der Waals surface area contributed by atoms with Crippen molar-refractivity contribution in [2.45, 2.75) is 52.6 Å². The van der Waals surface area contributed by atoms with E-state index in [1.165, 1.54) is 19.4 Å². The van der Waals surface area contributed by atoms with Gasteiger partial charge in [0.1, 0.15) is 0 Å². The molecule has 102 valence electrons. The Labute approximate surface area is 107 Å². The van der Waals surface area contributed by atoms with Gasteiger partial charge in [-0.25, -0.2) is 0 Å². The quantitative estimate of drug-likeness (QED) is 0.692. The molecule has 0 aromatic carbocycles. The van der Waals surface area contributed by atoms with Crippen LogP contribution in [0.5, 0.6) is 0 Å². The second-order valence-electron chi connectivity index (χ2n) is 5.39. The number of nitrogens with one attached hydrogen (secondary N) is 1. The molecule has 1 aliphatic heterocycles. The smallest absolute Gasteiger partial charge is 0.0593 e. The van der Waals surface area contributed by atoms with E-state index in [1.54, 1.807) is 0 Å². The average Bonchev–Trinajstić information content (AvgIpc) is 2.31. The van der Waals surface area contributed by atoms with Crippen LogP contribution in [0.4, 0.5) is 0 Å². The molecule has 0 aromatic rings. The molecule has 1 fully saturated rings. The Kier molecular flexibility index (Phi) is 7.09. The standard InChI is InChI=1S/C14H30N2O/c1-5-7-13-10-15-14(12(3)4)11-16(13)8-9-17-6-2/h12-15H,5-11H2,1-4H3. The Morgan fingerprint density at radius 2 is 2.12 bits per heavy atom. The lowest BCUT2D eigenvalue weighted by atomic mass is 9.98. The van der Waals surface area contributed by atoms with Gasteiger partial charge in [-0.2, -0.15) is 0 Å². The van der Waals surface area contributed by atoms with Gasteiger partial charge in [0.2, 0.25) is 0 Å². The van der Waals surface area contributed by atoms with E-state index in [0.29, 0.717) is 18.0 Å². The molecule has 0 amide bonds.